The van der Waals surface area contributed by atoms with E-state index in [-0.39, 0.29) is 0 Å². The summed E-state index contributed by atoms with van der Waals surface area (Å²) >= 11 is 0. The monoisotopic (exact) mass is 298 g/mol. The van der Waals surface area contributed by atoms with Gasteiger partial charge in [-0.15, -0.1) is 0 Å². The first-order valence-corrected chi connectivity index (χ1v) is 7.10. The summed E-state index contributed by atoms with van der Waals surface area (Å²) in [5, 5.41) is 19.8. The minimum atomic E-state index is 0.521. The summed E-state index contributed by atoms with van der Waals surface area (Å²) in [4.78, 5) is 0. The minimum absolute atomic E-state index is 0.521. The topological polar surface area (TPSA) is 73.9 Å². The zero-order chi connectivity index (χ0) is 15.8. The van der Waals surface area contributed by atoms with Gasteiger partial charge in [0.1, 0.15) is 22.7 Å². The highest BCUT2D eigenvalue weighted by molar-refractivity contribution is 5.80. The molecule has 0 unspecified atom stereocenters. The predicted octanol–water partition coefficient (Wildman–Crippen LogP) is 4.51. The van der Waals surface area contributed by atoms with Crippen molar-refractivity contribution in [3.63, 3.8) is 0 Å². The summed E-state index contributed by atoms with van der Waals surface area (Å²) in [6.45, 7) is 0. The Morgan fingerprint density at radius 1 is 0.696 bits per heavy atom. The normalized spacial score (nSPS) is 10.7. The van der Waals surface area contributed by atoms with Crippen molar-refractivity contribution in [2.24, 2.45) is 0 Å². The van der Waals surface area contributed by atoms with E-state index >= 15 is 0 Å². The lowest BCUT2D eigenvalue weighted by molar-refractivity contribution is 0.512. The van der Waals surface area contributed by atoms with E-state index in [9.17, 15) is 0 Å². The van der Waals surface area contributed by atoms with Gasteiger partial charge in [0.25, 0.3) is 0 Å². The molecular weight excluding hydrogens is 288 g/mol. The van der Waals surface area contributed by atoms with Crippen LogP contribution < -0.4 is 0 Å². The Kier molecular flexibility index (Phi) is 2.89. The first-order valence-electron chi connectivity index (χ1n) is 7.10. The number of nitrogens with zero attached hydrogens (tertiary/aromatic N) is 2. The van der Waals surface area contributed by atoms with E-state index in [1.165, 1.54) is 0 Å². The summed E-state index contributed by atoms with van der Waals surface area (Å²) < 4.78 is 11.6. The van der Waals surface area contributed by atoms with Gasteiger partial charge in [-0.3, -0.25) is 0 Å². The molecule has 4 rings (SSSR count). The molecule has 0 saturated carbocycles. The van der Waals surface area contributed by atoms with Gasteiger partial charge in [-0.1, -0.05) is 0 Å². The summed E-state index contributed by atoms with van der Waals surface area (Å²) in [5.74, 6) is 1.55. The molecule has 0 aliphatic carbocycles. The summed E-state index contributed by atoms with van der Waals surface area (Å²) in [7, 11) is 0. The van der Waals surface area contributed by atoms with Gasteiger partial charge in [-0.2, -0.15) is 10.5 Å². The summed E-state index contributed by atoms with van der Waals surface area (Å²) in [6, 6.07) is 18.9. The maximum atomic E-state index is 8.93. The highest BCUT2D eigenvalue weighted by Crippen LogP contribution is 2.26. The van der Waals surface area contributed by atoms with Crippen molar-refractivity contribution in [2.45, 2.75) is 6.42 Å². The lowest BCUT2D eigenvalue weighted by Gasteiger charge is -1.91. The number of fused-ring (bicyclic) bond motifs is 2. The Morgan fingerprint density at radius 2 is 1.17 bits per heavy atom. The molecule has 2 aromatic carbocycles. The van der Waals surface area contributed by atoms with E-state index in [1.54, 1.807) is 24.3 Å². The number of hydrogen-bond donors (Lipinski definition) is 0. The molecule has 0 fully saturated rings. The fourth-order valence-corrected chi connectivity index (χ4v) is 2.66. The average molecular weight is 298 g/mol. The lowest BCUT2D eigenvalue weighted by Crippen LogP contribution is -1.80. The Hall–Kier alpha value is -3.50. The van der Waals surface area contributed by atoms with Crippen LogP contribution in [0.25, 0.3) is 21.9 Å². The molecule has 108 valence electrons. The molecule has 0 aliphatic rings. The van der Waals surface area contributed by atoms with E-state index in [4.69, 9.17) is 19.4 Å². The SMILES string of the molecule is N#Cc1ccc2cc(Cc3cc4ccc(C#N)cc4o3)oc2c1. The van der Waals surface area contributed by atoms with E-state index < -0.39 is 0 Å². The third-order valence-electron chi connectivity index (χ3n) is 3.75. The molecule has 4 aromatic rings. The van der Waals surface area contributed by atoms with Crippen LogP contribution >= 0.6 is 0 Å². The molecule has 2 aromatic heterocycles. The van der Waals surface area contributed by atoms with Gasteiger partial charge < -0.3 is 8.83 Å². The van der Waals surface area contributed by atoms with Crippen molar-refractivity contribution in [2.75, 3.05) is 0 Å². The highest BCUT2D eigenvalue weighted by Gasteiger charge is 2.10. The molecule has 4 heteroatoms. The van der Waals surface area contributed by atoms with Gasteiger partial charge in [0.2, 0.25) is 0 Å². The van der Waals surface area contributed by atoms with E-state index in [0.717, 1.165) is 22.3 Å². The minimum Gasteiger partial charge on any atom is -0.461 e. The number of benzene rings is 2. The number of nitriles is 2. The Bertz CT molecular complexity index is 1030. The molecule has 0 spiro atoms. The van der Waals surface area contributed by atoms with Crippen LogP contribution in [0.15, 0.2) is 57.4 Å². The van der Waals surface area contributed by atoms with Crippen LogP contribution in [0, 0.1) is 22.7 Å². The van der Waals surface area contributed by atoms with E-state index in [2.05, 4.69) is 12.1 Å². The number of furan rings is 2. The third kappa shape index (κ3) is 2.33. The molecule has 0 amide bonds. The summed E-state index contributed by atoms with van der Waals surface area (Å²) in [6.07, 6.45) is 0.521. The van der Waals surface area contributed by atoms with Crippen molar-refractivity contribution in [3.8, 4) is 12.1 Å². The van der Waals surface area contributed by atoms with Gasteiger partial charge in [-0.05, 0) is 48.5 Å². The first kappa shape index (κ1) is 13.2. The maximum absolute atomic E-state index is 8.93. The van der Waals surface area contributed by atoms with Gasteiger partial charge in [0, 0.05) is 10.8 Å². The molecular formula is C19H10N2O2. The van der Waals surface area contributed by atoms with Gasteiger partial charge in [0.15, 0.2) is 0 Å². The molecule has 0 bridgehead atoms. The standard InChI is InChI=1S/C19H10N2O2/c20-10-12-1-3-14-7-16(22-18(14)5-12)9-17-8-15-4-2-13(11-21)6-19(15)23-17/h1-8H,9H2. The number of hydrogen-bond acceptors (Lipinski definition) is 4. The molecule has 0 aliphatic heterocycles. The van der Waals surface area contributed by atoms with Gasteiger partial charge in [-0.25, -0.2) is 0 Å². The lowest BCUT2D eigenvalue weighted by atomic mass is 10.1. The van der Waals surface area contributed by atoms with Crippen LogP contribution in [0.3, 0.4) is 0 Å². The molecule has 23 heavy (non-hydrogen) atoms. The molecule has 2 heterocycles. The van der Waals surface area contributed by atoms with Crippen molar-refractivity contribution >= 4 is 21.9 Å². The van der Waals surface area contributed by atoms with Crippen molar-refractivity contribution in [3.05, 3.63) is 71.2 Å². The second-order valence-corrected chi connectivity index (χ2v) is 5.33. The molecule has 0 radical (unpaired) electrons. The van der Waals surface area contributed by atoms with Crippen molar-refractivity contribution in [1.82, 2.24) is 0 Å². The second kappa shape index (κ2) is 5.05. The Morgan fingerprint density at radius 3 is 1.61 bits per heavy atom. The van der Waals surface area contributed by atoms with Crippen LogP contribution in [-0.4, -0.2) is 0 Å². The molecule has 0 saturated heterocycles. The van der Waals surface area contributed by atoms with Crippen LogP contribution in [0.4, 0.5) is 0 Å². The fourth-order valence-electron chi connectivity index (χ4n) is 2.66. The average Bonchev–Trinajstić information content (AvgIpc) is 3.15. The zero-order valence-electron chi connectivity index (χ0n) is 12.0. The highest BCUT2D eigenvalue weighted by atomic mass is 16.4. The van der Waals surface area contributed by atoms with Crippen LogP contribution in [0.2, 0.25) is 0 Å². The van der Waals surface area contributed by atoms with E-state index in [0.29, 0.717) is 28.7 Å². The Balaban J connectivity index is 1.70. The van der Waals surface area contributed by atoms with Crippen molar-refractivity contribution < 1.29 is 8.83 Å². The molecule has 4 nitrogen and oxygen atoms in total. The van der Waals surface area contributed by atoms with Crippen LogP contribution in [-0.2, 0) is 6.42 Å². The second-order valence-electron chi connectivity index (χ2n) is 5.33. The van der Waals surface area contributed by atoms with Crippen molar-refractivity contribution in [1.29, 1.82) is 10.5 Å². The Labute approximate surface area is 131 Å². The zero-order valence-corrected chi connectivity index (χ0v) is 12.0. The maximum Gasteiger partial charge on any atom is 0.135 e. The fraction of sp³-hybridized carbons (Fsp3) is 0.0526. The van der Waals surface area contributed by atoms with Gasteiger partial charge >= 0.3 is 0 Å². The first-order chi connectivity index (χ1) is 11.2. The quantitative estimate of drug-likeness (QED) is 0.545. The predicted molar refractivity (Wildman–Crippen MR) is 84.7 cm³/mol. The smallest absolute Gasteiger partial charge is 0.135 e. The summed E-state index contributed by atoms with van der Waals surface area (Å²) in [5.41, 5.74) is 2.54. The van der Waals surface area contributed by atoms with Gasteiger partial charge in [0.05, 0.1) is 29.7 Å². The van der Waals surface area contributed by atoms with E-state index in [1.807, 2.05) is 24.3 Å². The van der Waals surface area contributed by atoms with Crippen LogP contribution in [0.5, 0.6) is 0 Å². The largest absolute Gasteiger partial charge is 0.461 e. The molecule has 0 N–H and O–H groups in total. The third-order valence-corrected chi connectivity index (χ3v) is 3.75. The van der Waals surface area contributed by atoms with Crippen LogP contribution in [0.1, 0.15) is 22.6 Å². The number of rotatable bonds is 2. The molecule has 0 atom stereocenters.